The first-order valence-electron chi connectivity index (χ1n) is 9.76. The Balaban J connectivity index is 1.80. The first-order chi connectivity index (χ1) is 14.9. The number of aryl methyl sites for hydroxylation is 2. The van der Waals surface area contributed by atoms with Crippen LogP contribution in [0.4, 0.5) is 11.4 Å². The summed E-state index contributed by atoms with van der Waals surface area (Å²) in [5, 5.41) is 3.48. The van der Waals surface area contributed by atoms with Gasteiger partial charge in [0.2, 0.25) is 0 Å². The third kappa shape index (κ3) is 3.92. The third-order valence-corrected chi connectivity index (χ3v) is 5.43. The van der Waals surface area contributed by atoms with Crippen molar-refractivity contribution in [2.45, 2.75) is 13.8 Å². The molecule has 1 aliphatic heterocycles. The van der Waals surface area contributed by atoms with E-state index >= 15 is 0 Å². The van der Waals surface area contributed by atoms with Crippen molar-refractivity contribution in [3.8, 4) is 5.75 Å². The van der Waals surface area contributed by atoms with Gasteiger partial charge in [0.05, 0.1) is 23.4 Å². The second-order valence-corrected chi connectivity index (χ2v) is 7.78. The van der Waals surface area contributed by atoms with Gasteiger partial charge in [-0.3, -0.25) is 9.59 Å². The molecule has 31 heavy (non-hydrogen) atoms. The summed E-state index contributed by atoms with van der Waals surface area (Å²) in [6, 6.07) is 20.0. The van der Waals surface area contributed by atoms with E-state index in [9.17, 15) is 9.59 Å². The van der Waals surface area contributed by atoms with Crippen molar-refractivity contribution in [3.05, 3.63) is 94.1 Å². The molecular weight excluding hydrogens is 412 g/mol. The average Bonchev–Trinajstić information content (AvgIpc) is 3.00. The zero-order chi connectivity index (χ0) is 22.1. The largest absolute Gasteiger partial charge is 0.495 e. The Morgan fingerprint density at radius 1 is 0.839 bits per heavy atom. The highest BCUT2D eigenvalue weighted by Gasteiger charge is 2.40. The molecule has 0 fully saturated rings. The Morgan fingerprint density at radius 3 is 2.03 bits per heavy atom. The summed E-state index contributed by atoms with van der Waals surface area (Å²) in [4.78, 5) is 28.0. The molecule has 1 N–H and O–H groups in total. The van der Waals surface area contributed by atoms with Gasteiger partial charge >= 0.3 is 0 Å². The number of hydrogen-bond donors (Lipinski definition) is 1. The fourth-order valence-electron chi connectivity index (χ4n) is 3.44. The van der Waals surface area contributed by atoms with Crippen molar-refractivity contribution in [2.75, 3.05) is 17.3 Å². The minimum atomic E-state index is -0.442. The fraction of sp³-hybridized carbons (Fsp3) is 0.120. The van der Waals surface area contributed by atoms with E-state index < -0.39 is 11.8 Å². The maximum atomic E-state index is 13.5. The van der Waals surface area contributed by atoms with Crippen molar-refractivity contribution in [1.82, 2.24) is 0 Å². The number of nitrogens with zero attached hydrogens (tertiary/aromatic N) is 1. The number of carbonyl (C=O) groups excluding carboxylic acids is 2. The molecule has 0 saturated heterocycles. The minimum absolute atomic E-state index is 0.227. The summed E-state index contributed by atoms with van der Waals surface area (Å²) in [6.45, 7) is 3.96. The van der Waals surface area contributed by atoms with Crippen molar-refractivity contribution in [1.29, 1.82) is 0 Å². The molecule has 4 rings (SSSR count). The van der Waals surface area contributed by atoms with Crippen LogP contribution in [0.15, 0.2) is 72.4 Å². The standard InChI is InChI=1S/C25H21ClN2O3/c1-15-4-8-17(9-5-15)22-23(27-18-10-6-16(2)7-11-18)25(30)28(24(22)29)19-12-13-21(31-3)20(26)14-19/h4-14,27H,1-3H3. The second-order valence-electron chi connectivity index (χ2n) is 7.37. The molecular formula is C25H21ClN2O3. The molecule has 6 heteroatoms. The van der Waals surface area contributed by atoms with Crippen molar-refractivity contribution in [2.24, 2.45) is 0 Å². The molecule has 1 heterocycles. The van der Waals surface area contributed by atoms with Gasteiger partial charge in [-0.1, -0.05) is 59.1 Å². The molecule has 0 spiro atoms. The lowest BCUT2D eigenvalue weighted by Gasteiger charge is -2.16. The van der Waals surface area contributed by atoms with Crippen LogP contribution in [0.2, 0.25) is 5.02 Å². The van der Waals surface area contributed by atoms with E-state index in [1.54, 1.807) is 18.2 Å². The molecule has 0 unspecified atom stereocenters. The van der Waals surface area contributed by atoms with E-state index in [4.69, 9.17) is 16.3 Å². The Hall–Kier alpha value is -3.57. The van der Waals surface area contributed by atoms with E-state index in [1.807, 2.05) is 62.4 Å². The third-order valence-electron chi connectivity index (χ3n) is 5.14. The molecule has 0 atom stereocenters. The summed E-state index contributed by atoms with van der Waals surface area (Å²) in [6.07, 6.45) is 0. The van der Waals surface area contributed by atoms with Crippen LogP contribution in [0.25, 0.3) is 5.57 Å². The number of anilines is 2. The van der Waals surface area contributed by atoms with E-state index in [0.717, 1.165) is 21.7 Å². The van der Waals surface area contributed by atoms with E-state index in [2.05, 4.69) is 5.32 Å². The van der Waals surface area contributed by atoms with Gasteiger partial charge in [0.25, 0.3) is 11.8 Å². The molecule has 0 saturated carbocycles. The van der Waals surface area contributed by atoms with Crippen LogP contribution in [0.1, 0.15) is 16.7 Å². The van der Waals surface area contributed by atoms with Crippen molar-refractivity contribution < 1.29 is 14.3 Å². The van der Waals surface area contributed by atoms with Crippen LogP contribution in [0.3, 0.4) is 0 Å². The number of halogens is 1. The van der Waals surface area contributed by atoms with Crippen molar-refractivity contribution >= 4 is 40.4 Å². The van der Waals surface area contributed by atoms with Gasteiger partial charge < -0.3 is 10.1 Å². The normalized spacial score (nSPS) is 13.7. The highest BCUT2D eigenvalue weighted by molar-refractivity contribution is 6.46. The highest BCUT2D eigenvalue weighted by atomic mass is 35.5. The Labute approximate surface area is 185 Å². The zero-order valence-corrected chi connectivity index (χ0v) is 18.2. The van der Waals surface area contributed by atoms with Gasteiger partial charge in [0.1, 0.15) is 11.4 Å². The summed E-state index contributed by atoms with van der Waals surface area (Å²) in [5.74, 6) is -0.388. The van der Waals surface area contributed by atoms with Gasteiger partial charge in [-0.2, -0.15) is 0 Å². The second kappa shape index (κ2) is 8.28. The van der Waals surface area contributed by atoms with E-state index in [0.29, 0.717) is 27.6 Å². The molecule has 0 bridgehead atoms. The number of hydrogen-bond acceptors (Lipinski definition) is 4. The lowest BCUT2D eigenvalue weighted by Crippen LogP contribution is -2.32. The summed E-state index contributed by atoms with van der Waals surface area (Å²) in [7, 11) is 1.51. The van der Waals surface area contributed by atoms with Gasteiger partial charge in [-0.05, 0) is 49.7 Å². The fourth-order valence-corrected chi connectivity index (χ4v) is 3.70. The predicted molar refractivity (Wildman–Crippen MR) is 123 cm³/mol. The summed E-state index contributed by atoms with van der Waals surface area (Å²) in [5.41, 5.74) is 4.48. The molecule has 1 aliphatic rings. The smallest absolute Gasteiger partial charge is 0.282 e. The number of amides is 2. The number of benzene rings is 3. The number of carbonyl (C=O) groups is 2. The lowest BCUT2D eigenvalue weighted by atomic mass is 10.0. The molecule has 0 aromatic heterocycles. The number of imide groups is 1. The maximum Gasteiger partial charge on any atom is 0.282 e. The van der Waals surface area contributed by atoms with Crippen LogP contribution >= 0.6 is 11.6 Å². The minimum Gasteiger partial charge on any atom is -0.495 e. The van der Waals surface area contributed by atoms with Crippen LogP contribution in [0.5, 0.6) is 5.75 Å². The molecule has 2 amide bonds. The molecule has 3 aromatic rings. The number of ether oxygens (including phenoxy) is 1. The molecule has 0 aliphatic carbocycles. The van der Waals surface area contributed by atoms with Crippen LogP contribution < -0.4 is 15.0 Å². The zero-order valence-electron chi connectivity index (χ0n) is 17.4. The van der Waals surface area contributed by atoms with E-state index in [1.165, 1.54) is 7.11 Å². The Kier molecular flexibility index (Phi) is 5.53. The molecule has 5 nitrogen and oxygen atoms in total. The Morgan fingerprint density at radius 2 is 1.45 bits per heavy atom. The van der Waals surface area contributed by atoms with Gasteiger partial charge in [-0.15, -0.1) is 0 Å². The monoisotopic (exact) mass is 432 g/mol. The lowest BCUT2D eigenvalue weighted by molar-refractivity contribution is -0.120. The number of methoxy groups -OCH3 is 1. The van der Waals surface area contributed by atoms with Crippen LogP contribution in [-0.4, -0.2) is 18.9 Å². The SMILES string of the molecule is COc1ccc(N2C(=O)C(Nc3ccc(C)cc3)=C(c3ccc(C)cc3)C2=O)cc1Cl. The average molecular weight is 433 g/mol. The quantitative estimate of drug-likeness (QED) is 0.551. The van der Waals surface area contributed by atoms with Crippen LogP contribution in [0, 0.1) is 13.8 Å². The topological polar surface area (TPSA) is 58.6 Å². The number of nitrogens with one attached hydrogen (secondary N) is 1. The molecule has 156 valence electrons. The molecule has 3 aromatic carbocycles. The summed E-state index contributed by atoms with van der Waals surface area (Å²) < 4.78 is 5.18. The number of rotatable bonds is 5. The van der Waals surface area contributed by atoms with Crippen LogP contribution in [-0.2, 0) is 9.59 Å². The van der Waals surface area contributed by atoms with Gasteiger partial charge in [0.15, 0.2) is 0 Å². The van der Waals surface area contributed by atoms with Gasteiger partial charge in [0, 0.05) is 5.69 Å². The predicted octanol–water partition coefficient (Wildman–Crippen LogP) is 5.36. The molecule has 0 radical (unpaired) electrons. The first-order valence-corrected chi connectivity index (χ1v) is 10.1. The first kappa shape index (κ1) is 20.7. The highest BCUT2D eigenvalue weighted by Crippen LogP contribution is 2.36. The van der Waals surface area contributed by atoms with Gasteiger partial charge in [-0.25, -0.2) is 4.90 Å². The summed E-state index contributed by atoms with van der Waals surface area (Å²) >= 11 is 6.25. The maximum absolute atomic E-state index is 13.5. The van der Waals surface area contributed by atoms with E-state index in [-0.39, 0.29) is 5.70 Å². The van der Waals surface area contributed by atoms with Crippen molar-refractivity contribution in [3.63, 3.8) is 0 Å². The Bertz CT molecular complexity index is 1200.